The van der Waals surface area contributed by atoms with Crippen LogP contribution in [0.15, 0.2) is 5.38 Å². The van der Waals surface area contributed by atoms with Gasteiger partial charge in [-0.05, 0) is 12.3 Å². The summed E-state index contributed by atoms with van der Waals surface area (Å²) in [4.78, 5) is 16.0. The molecule has 1 aliphatic heterocycles. The largest absolute Gasteiger partial charge is 0.379 e. The van der Waals surface area contributed by atoms with E-state index in [0.717, 1.165) is 18.7 Å². The highest BCUT2D eigenvalue weighted by molar-refractivity contribution is 7.13. The van der Waals surface area contributed by atoms with Crippen molar-refractivity contribution in [2.24, 2.45) is 0 Å². The number of hydrogen-bond acceptors (Lipinski definition) is 4. The fourth-order valence-corrected chi connectivity index (χ4v) is 2.44. The lowest BCUT2D eigenvalue weighted by atomic mass is 10.2. The molecular weight excluding hydrogens is 238 g/mol. The SMILES string of the molecule is CC(C)c1csc(NC(=O)NC2CCOC2)n1. The number of amides is 2. The zero-order valence-electron chi connectivity index (χ0n) is 10.0. The summed E-state index contributed by atoms with van der Waals surface area (Å²) in [5.41, 5.74) is 1.01. The van der Waals surface area contributed by atoms with Crippen LogP contribution in [0.5, 0.6) is 0 Å². The molecule has 1 aliphatic rings. The van der Waals surface area contributed by atoms with E-state index >= 15 is 0 Å². The van der Waals surface area contributed by atoms with Crippen LogP contribution < -0.4 is 10.6 Å². The van der Waals surface area contributed by atoms with Crippen molar-refractivity contribution in [3.8, 4) is 0 Å². The first-order valence-electron chi connectivity index (χ1n) is 5.76. The quantitative estimate of drug-likeness (QED) is 0.870. The Morgan fingerprint density at radius 2 is 2.47 bits per heavy atom. The van der Waals surface area contributed by atoms with Crippen molar-refractivity contribution in [3.63, 3.8) is 0 Å². The Labute approximate surface area is 105 Å². The van der Waals surface area contributed by atoms with Gasteiger partial charge in [-0.2, -0.15) is 0 Å². The Hall–Kier alpha value is -1.14. The number of nitrogens with one attached hydrogen (secondary N) is 2. The van der Waals surface area contributed by atoms with Crippen molar-refractivity contribution in [2.75, 3.05) is 18.5 Å². The van der Waals surface area contributed by atoms with E-state index in [-0.39, 0.29) is 12.1 Å². The van der Waals surface area contributed by atoms with E-state index < -0.39 is 0 Å². The third-order valence-electron chi connectivity index (χ3n) is 2.60. The van der Waals surface area contributed by atoms with Crippen molar-refractivity contribution >= 4 is 22.5 Å². The second-order valence-electron chi connectivity index (χ2n) is 4.39. The fraction of sp³-hybridized carbons (Fsp3) is 0.636. The van der Waals surface area contributed by atoms with Gasteiger partial charge in [-0.25, -0.2) is 9.78 Å². The Morgan fingerprint density at radius 1 is 1.65 bits per heavy atom. The van der Waals surface area contributed by atoms with Gasteiger partial charge in [0.05, 0.1) is 18.3 Å². The number of carbonyl (C=O) groups is 1. The van der Waals surface area contributed by atoms with Gasteiger partial charge in [-0.3, -0.25) is 5.32 Å². The predicted molar refractivity (Wildman–Crippen MR) is 67.6 cm³/mol. The van der Waals surface area contributed by atoms with E-state index in [2.05, 4.69) is 29.5 Å². The third-order valence-corrected chi connectivity index (χ3v) is 3.37. The number of nitrogens with zero attached hydrogens (tertiary/aromatic N) is 1. The van der Waals surface area contributed by atoms with Crippen molar-refractivity contribution in [1.82, 2.24) is 10.3 Å². The summed E-state index contributed by atoms with van der Waals surface area (Å²) < 4.78 is 5.19. The molecule has 2 heterocycles. The molecule has 1 aromatic rings. The Kier molecular flexibility index (Phi) is 3.96. The molecule has 1 atom stereocenters. The zero-order valence-corrected chi connectivity index (χ0v) is 10.8. The van der Waals surface area contributed by atoms with Crippen LogP contribution in [-0.2, 0) is 4.74 Å². The molecule has 0 radical (unpaired) electrons. The molecule has 1 fully saturated rings. The lowest BCUT2D eigenvalue weighted by molar-refractivity contribution is 0.189. The molecule has 1 saturated heterocycles. The Bertz CT molecular complexity index is 386. The molecule has 5 nitrogen and oxygen atoms in total. The van der Waals surface area contributed by atoms with E-state index in [0.29, 0.717) is 17.7 Å². The highest BCUT2D eigenvalue weighted by atomic mass is 32.1. The van der Waals surface area contributed by atoms with Crippen LogP contribution in [-0.4, -0.2) is 30.3 Å². The molecule has 0 spiro atoms. The molecule has 17 heavy (non-hydrogen) atoms. The van der Waals surface area contributed by atoms with Crippen molar-refractivity contribution in [2.45, 2.75) is 32.2 Å². The number of thiazole rings is 1. The van der Waals surface area contributed by atoms with E-state index in [1.54, 1.807) is 0 Å². The maximum absolute atomic E-state index is 11.6. The van der Waals surface area contributed by atoms with Gasteiger partial charge in [-0.1, -0.05) is 13.8 Å². The summed E-state index contributed by atoms with van der Waals surface area (Å²) in [6.45, 7) is 5.48. The molecule has 0 aromatic carbocycles. The molecule has 2 rings (SSSR count). The monoisotopic (exact) mass is 255 g/mol. The van der Waals surface area contributed by atoms with E-state index in [1.165, 1.54) is 11.3 Å². The second-order valence-corrected chi connectivity index (χ2v) is 5.25. The average Bonchev–Trinajstić information content (AvgIpc) is 2.88. The molecule has 0 aliphatic carbocycles. The standard InChI is InChI=1S/C11H17N3O2S/c1-7(2)9-6-17-11(13-9)14-10(15)12-8-3-4-16-5-8/h6-8H,3-5H2,1-2H3,(H2,12,13,14,15). The van der Waals surface area contributed by atoms with Crippen LogP contribution in [0.1, 0.15) is 31.9 Å². The van der Waals surface area contributed by atoms with Crippen molar-refractivity contribution in [3.05, 3.63) is 11.1 Å². The first kappa shape index (κ1) is 12.3. The van der Waals surface area contributed by atoms with Crippen LogP contribution >= 0.6 is 11.3 Å². The topological polar surface area (TPSA) is 63.2 Å². The van der Waals surface area contributed by atoms with E-state index in [1.807, 2.05) is 5.38 Å². The van der Waals surface area contributed by atoms with Gasteiger partial charge in [0.25, 0.3) is 0 Å². The van der Waals surface area contributed by atoms with Gasteiger partial charge in [-0.15, -0.1) is 11.3 Å². The van der Waals surface area contributed by atoms with Crippen LogP contribution in [0, 0.1) is 0 Å². The highest BCUT2D eigenvalue weighted by Crippen LogP contribution is 2.21. The zero-order chi connectivity index (χ0) is 12.3. The highest BCUT2D eigenvalue weighted by Gasteiger charge is 2.18. The third kappa shape index (κ3) is 3.41. The minimum atomic E-state index is -0.204. The van der Waals surface area contributed by atoms with Crippen molar-refractivity contribution in [1.29, 1.82) is 0 Å². The summed E-state index contributed by atoms with van der Waals surface area (Å²) >= 11 is 1.45. The summed E-state index contributed by atoms with van der Waals surface area (Å²) in [7, 11) is 0. The maximum Gasteiger partial charge on any atom is 0.321 e. The van der Waals surface area contributed by atoms with Gasteiger partial charge in [0.2, 0.25) is 0 Å². The first-order valence-corrected chi connectivity index (χ1v) is 6.64. The smallest absolute Gasteiger partial charge is 0.321 e. The van der Waals surface area contributed by atoms with Crippen LogP contribution in [0.4, 0.5) is 9.93 Å². The molecular formula is C11H17N3O2S. The van der Waals surface area contributed by atoms with Crippen LogP contribution in [0.2, 0.25) is 0 Å². The molecule has 1 aromatic heterocycles. The minimum absolute atomic E-state index is 0.125. The minimum Gasteiger partial charge on any atom is -0.379 e. The van der Waals surface area contributed by atoms with Gasteiger partial charge < -0.3 is 10.1 Å². The number of hydrogen-bond donors (Lipinski definition) is 2. The summed E-state index contributed by atoms with van der Waals surface area (Å²) in [5.74, 6) is 0.382. The van der Waals surface area contributed by atoms with E-state index in [9.17, 15) is 4.79 Å². The average molecular weight is 255 g/mol. The van der Waals surface area contributed by atoms with Gasteiger partial charge in [0.15, 0.2) is 5.13 Å². The number of ether oxygens (including phenoxy) is 1. The van der Waals surface area contributed by atoms with Gasteiger partial charge in [0, 0.05) is 12.0 Å². The molecule has 2 N–H and O–H groups in total. The fourth-order valence-electron chi connectivity index (χ4n) is 1.58. The molecule has 0 bridgehead atoms. The number of anilines is 1. The Balaban J connectivity index is 1.84. The number of rotatable bonds is 3. The maximum atomic E-state index is 11.6. The van der Waals surface area contributed by atoms with Crippen LogP contribution in [0.25, 0.3) is 0 Å². The van der Waals surface area contributed by atoms with Crippen LogP contribution in [0.3, 0.4) is 0 Å². The molecule has 1 unspecified atom stereocenters. The number of urea groups is 1. The predicted octanol–water partition coefficient (Wildman–Crippen LogP) is 2.18. The van der Waals surface area contributed by atoms with Gasteiger partial charge in [0.1, 0.15) is 0 Å². The molecule has 2 amide bonds. The summed E-state index contributed by atoms with van der Waals surface area (Å²) in [6, 6.07) is -0.0790. The number of aromatic nitrogens is 1. The first-order chi connectivity index (χ1) is 8.15. The lowest BCUT2D eigenvalue weighted by Gasteiger charge is -2.10. The van der Waals surface area contributed by atoms with Gasteiger partial charge >= 0.3 is 6.03 Å². The normalized spacial score (nSPS) is 19.6. The van der Waals surface area contributed by atoms with Crippen molar-refractivity contribution < 1.29 is 9.53 Å². The number of carbonyl (C=O) groups excluding carboxylic acids is 1. The lowest BCUT2D eigenvalue weighted by Crippen LogP contribution is -2.38. The van der Waals surface area contributed by atoms with E-state index in [4.69, 9.17) is 4.74 Å². The molecule has 94 valence electrons. The molecule has 0 saturated carbocycles. The summed E-state index contributed by atoms with van der Waals surface area (Å²) in [6.07, 6.45) is 0.878. The Morgan fingerprint density at radius 3 is 3.06 bits per heavy atom. The summed E-state index contributed by atoms with van der Waals surface area (Å²) in [5, 5.41) is 8.22. The second kappa shape index (κ2) is 5.46. The molecule has 6 heteroatoms.